The summed E-state index contributed by atoms with van der Waals surface area (Å²) in [7, 11) is 0. The smallest absolute Gasteiger partial charge is 0.226 e. The topological polar surface area (TPSA) is 65.0 Å². The van der Waals surface area contributed by atoms with E-state index in [1.807, 2.05) is 97.6 Å². The van der Waals surface area contributed by atoms with Crippen LogP contribution >= 0.6 is 11.6 Å². The first kappa shape index (κ1) is 24.2. The Kier molecular flexibility index (Phi) is 7.32. The lowest BCUT2D eigenvalue weighted by molar-refractivity contribution is -0.119. The van der Waals surface area contributed by atoms with Gasteiger partial charge in [-0.3, -0.25) is 14.5 Å². The molecule has 1 heterocycles. The van der Waals surface area contributed by atoms with Gasteiger partial charge in [-0.15, -0.1) is 5.10 Å². The van der Waals surface area contributed by atoms with Crippen molar-refractivity contribution in [1.82, 2.24) is 0 Å². The maximum atomic E-state index is 12.7. The average Bonchev–Trinajstić information content (AvgIpc) is 3.24. The molecule has 0 radical (unpaired) electrons. The van der Waals surface area contributed by atoms with Gasteiger partial charge < -0.3 is 5.32 Å². The van der Waals surface area contributed by atoms with E-state index < -0.39 is 6.17 Å². The summed E-state index contributed by atoms with van der Waals surface area (Å²) in [4.78, 5) is 26.6. The monoisotopic (exact) mass is 486 g/mol. The minimum absolute atomic E-state index is 0.0532. The SMILES string of the molecule is CC(=O)C1=NN(c2ccc(Cl)cc2)C(C=Cc2ccccc2)N1c1ccc(NC(=O)C(C)C)cc1. The fourth-order valence-corrected chi connectivity index (χ4v) is 3.81. The molecule has 1 amide bonds. The van der Waals surface area contributed by atoms with E-state index in [4.69, 9.17) is 16.7 Å². The molecule has 1 unspecified atom stereocenters. The van der Waals surface area contributed by atoms with Crippen molar-refractivity contribution in [2.24, 2.45) is 11.0 Å². The number of carbonyl (C=O) groups is 2. The molecule has 0 bridgehead atoms. The molecule has 0 saturated heterocycles. The van der Waals surface area contributed by atoms with E-state index in [1.165, 1.54) is 6.92 Å². The molecule has 1 N–H and O–H groups in total. The number of Topliss-reactive ketones (excluding diaryl/α,β-unsaturated/α-hetero) is 1. The largest absolute Gasteiger partial charge is 0.326 e. The number of ketones is 1. The van der Waals surface area contributed by atoms with E-state index in [-0.39, 0.29) is 17.6 Å². The summed E-state index contributed by atoms with van der Waals surface area (Å²) >= 11 is 6.11. The summed E-state index contributed by atoms with van der Waals surface area (Å²) in [5.41, 5.74) is 3.31. The number of nitrogens with one attached hydrogen (secondary N) is 1. The minimum atomic E-state index is -0.397. The highest BCUT2D eigenvalue weighted by molar-refractivity contribution is 6.44. The molecule has 0 aliphatic carbocycles. The number of hydrogen-bond acceptors (Lipinski definition) is 5. The second kappa shape index (κ2) is 10.6. The molecule has 3 aromatic carbocycles. The number of hydrogen-bond donors (Lipinski definition) is 1. The first-order chi connectivity index (χ1) is 16.8. The highest BCUT2D eigenvalue weighted by atomic mass is 35.5. The van der Waals surface area contributed by atoms with Crippen LogP contribution in [0.3, 0.4) is 0 Å². The van der Waals surface area contributed by atoms with Crippen LogP contribution in [0.5, 0.6) is 0 Å². The zero-order chi connectivity index (χ0) is 24.9. The summed E-state index contributed by atoms with van der Waals surface area (Å²) in [6, 6.07) is 24.7. The van der Waals surface area contributed by atoms with E-state index >= 15 is 0 Å². The summed E-state index contributed by atoms with van der Waals surface area (Å²) < 4.78 is 0. The van der Waals surface area contributed by atoms with Crippen LogP contribution in [0.15, 0.2) is 90.0 Å². The van der Waals surface area contributed by atoms with Crippen LogP contribution in [0.4, 0.5) is 17.1 Å². The lowest BCUT2D eigenvalue weighted by Crippen LogP contribution is -2.43. The first-order valence-corrected chi connectivity index (χ1v) is 11.8. The van der Waals surface area contributed by atoms with Gasteiger partial charge in [0, 0.05) is 29.2 Å². The third-order valence-electron chi connectivity index (χ3n) is 5.55. The summed E-state index contributed by atoms with van der Waals surface area (Å²) in [5.74, 6) is -0.00831. The van der Waals surface area contributed by atoms with Gasteiger partial charge in [0.1, 0.15) is 6.17 Å². The molecule has 7 heteroatoms. The molecule has 1 aliphatic heterocycles. The van der Waals surface area contributed by atoms with Gasteiger partial charge in [-0.2, -0.15) is 0 Å². The average molecular weight is 487 g/mol. The van der Waals surface area contributed by atoms with E-state index in [0.29, 0.717) is 16.5 Å². The summed E-state index contributed by atoms with van der Waals surface area (Å²) in [6.07, 6.45) is 3.63. The predicted octanol–water partition coefficient (Wildman–Crippen LogP) is 6.20. The van der Waals surface area contributed by atoms with Crippen molar-refractivity contribution in [3.63, 3.8) is 0 Å². The van der Waals surface area contributed by atoms with Crippen LogP contribution in [-0.4, -0.2) is 23.7 Å². The Morgan fingerprint density at radius 2 is 1.57 bits per heavy atom. The second-order valence-corrected chi connectivity index (χ2v) is 8.98. The molecule has 35 heavy (non-hydrogen) atoms. The van der Waals surface area contributed by atoms with Gasteiger partial charge in [-0.05, 0) is 60.2 Å². The Labute approximate surface area is 210 Å². The molecular formula is C28H27ClN4O2. The number of anilines is 3. The van der Waals surface area contributed by atoms with Crippen molar-refractivity contribution in [3.05, 3.63) is 95.5 Å². The number of rotatable bonds is 7. The van der Waals surface area contributed by atoms with Crippen molar-refractivity contribution >= 4 is 52.3 Å². The van der Waals surface area contributed by atoms with Crippen molar-refractivity contribution in [3.8, 4) is 0 Å². The van der Waals surface area contributed by atoms with Crippen LogP contribution in [-0.2, 0) is 9.59 Å². The Morgan fingerprint density at radius 1 is 0.943 bits per heavy atom. The van der Waals surface area contributed by atoms with Crippen LogP contribution < -0.4 is 15.2 Å². The third kappa shape index (κ3) is 5.61. The normalized spacial score (nSPS) is 15.6. The first-order valence-electron chi connectivity index (χ1n) is 11.4. The Morgan fingerprint density at radius 3 is 2.17 bits per heavy atom. The maximum Gasteiger partial charge on any atom is 0.226 e. The third-order valence-corrected chi connectivity index (χ3v) is 5.80. The lowest BCUT2D eigenvalue weighted by Gasteiger charge is -2.29. The minimum Gasteiger partial charge on any atom is -0.326 e. The molecule has 3 aromatic rings. The highest BCUT2D eigenvalue weighted by Gasteiger charge is 2.36. The fourth-order valence-electron chi connectivity index (χ4n) is 3.68. The Bertz CT molecular complexity index is 1250. The molecule has 0 saturated carbocycles. The van der Waals surface area contributed by atoms with E-state index in [2.05, 4.69) is 5.32 Å². The number of hydrazone groups is 1. The van der Waals surface area contributed by atoms with E-state index in [1.54, 1.807) is 17.1 Å². The molecule has 4 rings (SSSR count). The molecule has 1 aliphatic rings. The molecule has 0 fully saturated rings. The number of nitrogens with zero attached hydrogens (tertiary/aromatic N) is 3. The lowest BCUT2D eigenvalue weighted by atomic mass is 10.1. The number of amides is 1. The zero-order valence-electron chi connectivity index (χ0n) is 19.9. The summed E-state index contributed by atoms with van der Waals surface area (Å²) in [5, 5.41) is 10.0. The van der Waals surface area contributed by atoms with Gasteiger partial charge in [0.2, 0.25) is 5.91 Å². The quantitative estimate of drug-likeness (QED) is 0.431. The van der Waals surface area contributed by atoms with Crippen molar-refractivity contribution in [2.45, 2.75) is 26.9 Å². The van der Waals surface area contributed by atoms with Gasteiger partial charge in [0.25, 0.3) is 0 Å². The predicted molar refractivity (Wildman–Crippen MR) is 144 cm³/mol. The van der Waals surface area contributed by atoms with E-state index in [0.717, 1.165) is 16.9 Å². The van der Waals surface area contributed by atoms with Crippen LogP contribution in [0.25, 0.3) is 6.08 Å². The van der Waals surface area contributed by atoms with Crippen molar-refractivity contribution in [1.29, 1.82) is 0 Å². The molecule has 0 aromatic heterocycles. The highest BCUT2D eigenvalue weighted by Crippen LogP contribution is 2.32. The van der Waals surface area contributed by atoms with Gasteiger partial charge in [0.15, 0.2) is 11.6 Å². The molecule has 178 valence electrons. The second-order valence-electron chi connectivity index (χ2n) is 8.55. The standard InChI is InChI=1S/C28H27ClN4O2/c1-19(2)28(35)30-23-12-16-24(17-13-23)32-26(18-9-21-7-5-4-6-8-21)33(31-27(32)20(3)34)25-14-10-22(29)11-15-25/h4-19,26H,1-3H3,(H,30,35). The molecule has 0 spiro atoms. The zero-order valence-corrected chi connectivity index (χ0v) is 20.6. The number of halogens is 1. The maximum absolute atomic E-state index is 12.7. The fraction of sp³-hybridized carbons (Fsp3) is 0.179. The summed E-state index contributed by atoms with van der Waals surface area (Å²) in [6.45, 7) is 5.20. The van der Waals surface area contributed by atoms with Crippen LogP contribution in [0.2, 0.25) is 5.02 Å². The number of benzene rings is 3. The van der Waals surface area contributed by atoms with Crippen molar-refractivity contribution < 1.29 is 9.59 Å². The Balaban J connectivity index is 1.73. The van der Waals surface area contributed by atoms with Gasteiger partial charge in [-0.25, -0.2) is 5.01 Å². The van der Waals surface area contributed by atoms with Gasteiger partial charge in [-0.1, -0.05) is 61.9 Å². The Hall–Kier alpha value is -3.90. The number of carbonyl (C=O) groups excluding carboxylic acids is 2. The van der Waals surface area contributed by atoms with Crippen LogP contribution in [0, 0.1) is 5.92 Å². The molecule has 1 atom stereocenters. The van der Waals surface area contributed by atoms with E-state index in [9.17, 15) is 9.59 Å². The van der Waals surface area contributed by atoms with Crippen molar-refractivity contribution in [2.75, 3.05) is 15.2 Å². The molecule has 6 nitrogen and oxygen atoms in total. The molecular weight excluding hydrogens is 460 g/mol. The van der Waals surface area contributed by atoms with Gasteiger partial charge >= 0.3 is 0 Å². The van der Waals surface area contributed by atoms with Gasteiger partial charge in [0.05, 0.1) is 5.69 Å². The van der Waals surface area contributed by atoms with Crippen LogP contribution in [0.1, 0.15) is 26.3 Å². The number of amidine groups is 1.